The Labute approximate surface area is 155 Å². The van der Waals surface area contributed by atoms with E-state index in [0.717, 1.165) is 52.1 Å². The molecule has 1 N–H and O–H groups in total. The van der Waals surface area contributed by atoms with Crippen molar-refractivity contribution in [3.63, 3.8) is 0 Å². The fraction of sp³-hybridized carbons (Fsp3) is 0.200. The summed E-state index contributed by atoms with van der Waals surface area (Å²) in [5.74, 6) is 0.786. The van der Waals surface area contributed by atoms with Gasteiger partial charge >= 0.3 is 0 Å². The number of para-hydroxylation sites is 1. The van der Waals surface area contributed by atoms with Gasteiger partial charge in [-0.3, -0.25) is 4.99 Å². The number of rotatable bonds is 6. The molecule has 6 heteroatoms. The summed E-state index contributed by atoms with van der Waals surface area (Å²) in [5, 5.41) is 7.91. The van der Waals surface area contributed by atoms with Crippen LogP contribution in [-0.4, -0.2) is 22.4 Å². The van der Waals surface area contributed by atoms with Crippen LogP contribution in [0, 0.1) is 0 Å². The molecule has 5 nitrogen and oxygen atoms in total. The van der Waals surface area contributed by atoms with E-state index in [2.05, 4.69) is 24.0 Å². The van der Waals surface area contributed by atoms with Gasteiger partial charge in [0.15, 0.2) is 5.76 Å². The van der Waals surface area contributed by atoms with E-state index in [1.807, 2.05) is 46.7 Å². The first-order valence-electron chi connectivity index (χ1n) is 8.72. The van der Waals surface area contributed by atoms with Gasteiger partial charge in [-0.25, -0.2) is 4.68 Å². The number of nitrogens with zero attached hydrogens (tertiary/aromatic N) is 3. The fourth-order valence-electron chi connectivity index (χ4n) is 2.77. The van der Waals surface area contributed by atoms with Crippen LogP contribution >= 0.6 is 11.3 Å². The fourth-order valence-corrected chi connectivity index (χ4v) is 3.61. The first-order chi connectivity index (χ1) is 12.9. The Morgan fingerprint density at radius 3 is 3.00 bits per heavy atom. The molecule has 0 aliphatic carbocycles. The SMILES string of the molecule is CCCCN=c1scc(-c2ccco2)n1/N=C/c1c[nH]c2ccccc12. The smallest absolute Gasteiger partial charge is 0.206 e. The monoisotopic (exact) mass is 364 g/mol. The molecule has 0 amide bonds. The number of H-pyrrole nitrogens is 1. The molecule has 0 bridgehead atoms. The highest BCUT2D eigenvalue weighted by atomic mass is 32.1. The molecule has 3 aromatic heterocycles. The van der Waals surface area contributed by atoms with E-state index in [4.69, 9.17) is 14.5 Å². The van der Waals surface area contributed by atoms with Crippen LogP contribution < -0.4 is 4.80 Å². The van der Waals surface area contributed by atoms with E-state index in [1.54, 1.807) is 17.6 Å². The van der Waals surface area contributed by atoms with E-state index in [-0.39, 0.29) is 0 Å². The zero-order valence-corrected chi connectivity index (χ0v) is 15.4. The Morgan fingerprint density at radius 2 is 2.15 bits per heavy atom. The van der Waals surface area contributed by atoms with Gasteiger partial charge in [-0.1, -0.05) is 31.5 Å². The largest absolute Gasteiger partial charge is 0.463 e. The van der Waals surface area contributed by atoms with Gasteiger partial charge < -0.3 is 9.40 Å². The molecule has 0 saturated heterocycles. The minimum atomic E-state index is 0.786. The van der Waals surface area contributed by atoms with Crippen LogP contribution in [0.4, 0.5) is 0 Å². The van der Waals surface area contributed by atoms with Crippen molar-refractivity contribution >= 4 is 28.5 Å². The van der Waals surface area contributed by atoms with Gasteiger partial charge in [0.2, 0.25) is 4.80 Å². The third kappa shape index (κ3) is 3.28. The number of thiazole rings is 1. The van der Waals surface area contributed by atoms with Gasteiger partial charge in [0.05, 0.1) is 12.5 Å². The summed E-state index contributed by atoms with van der Waals surface area (Å²) in [7, 11) is 0. The molecule has 132 valence electrons. The number of fused-ring (bicyclic) bond motifs is 1. The van der Waals surface area contributed by atoms with Gasteiger partial charge in [-0.15, -0.1) is 11.3 Å². The van der Waals surface area contributed by atoms with Gasteiger partial charge in [0.25, 0.3) is 0 Å². The summed E-state index contributed by atoms with van der Waals surface area (Å²) in [5.41, 5.74) is 3.05. The molecular formula is C20H20N4OS. The van der Waals surface area contributed by atoms with Crippen molar-refractivity contribution in [2.45, 2.75) is 19.8 Å². The number of hydrogen-bond donors (Lipinski definition) is 1. The quantitative estimate of drug-likeness (QED) is 0.385. The number of unbranched alkanes of at least 4 members (excludes halogenated alkanes) is 1. The lowest BCUT2D eigenvalue weighted by molar-refractivity contribution is 0.575. The van der Waals surface area contributed by atoms with Gasteiger partial charge in [-0.05, 0) is 24.6 Å². The second kappa shape index (κ2) is 7.58. The summed E-state index contributed by atoms with van der Waals surface area (Å²) < 4.78 is 7.43. The van der Waals surface area contributed by atoms with Crippen molar-refractivity contribution < 1.29 is 4.42 Å². The summed E-state index contributed by atoms with van der Waals surface area (Å²) in [6.07, 6.45) is 7.71. The number of benzene rings is 1. The molecular weight excluding hydrogens is 344 g/mol. The van der Waals surface area contributed by atoms with Crippen LogP contribution in [0.15, 0.2) is 68.7 Å². The summed E-state index contributed by atoms with van der Waals surface area (Å²) in [6, 6.07) is 12.0. The zero-order chi connectivity index (χ0) is 17.8. The highest BCUT2D eigenvalue weighted by Gasteiger charge is 2.10. The molecule has 0 radical (unpaired) electrons. The minimum Gasteiger partial charge on any atom is -0.463 e. The summed E-state index contributed by atoms with van der Waals surface area (Å²) in [4.78, 5) is 8.86. The van der Waals surface area contributed by atoms with Crippen molar-refractivity contribution in [2.24, 2.45) is 10.1 Å². The lowest BCUT2D eigenvalue weighted by Gasteiger charge is -2.00. The van der Waals surface area contributed by atoms with Gasteiger partial charge in [-0.2, -0.15) is 5.10 Å². The predicted molar refractivity (Wildman–Crippen MR) is 107 cm³/mol. The topological polar surface area (TPSA) is 58.6 Å². The predicted octanol–water partition coefficient (Wildman–Crippen LogP) is 4.87. The highest BCUT2D eigenvalue weighted by molar-refractivity contribution is 7.07. The molecule has 0 spiro atoms. The molecule has 4 aromatic rings. The third-order valence-electron chi connectivity index (χ3n) is 4.15. The Bertz CT molecular complexity index is 1080. The lowest BCUT2D eigenvalue weighted by atomic mass is 10.2. The van der Waals surface area contributed by atoms with Crippen molar-refractivity contribution in [3.05, 3.63) is 64.6 Å². The van der Waals surface area contributed by atoms with Crippen molar-refractivity contribution in [1.29, 1.82) is 0 Å². The first kappa shape index (κ1) is 16.6. The zero-order valence-electron chi connectivity index (χ0n) is 14.6. The van der Waals surface area contributed by atoms with Crippen LogP contribution in [0.2, 0.25) is 0 Å². The Morgan fingerprint density at radius 1 is 1.23 bits per heavy atom. The van der Waals surface area contributed by atoms with Crippen molar-refractivity contribution in [2.75, 3.05) is 6.54 Å². The second-order valence-electron chi connectivity index (χ2n) is 5.96. The number of aromatic amines is 1. The average molecular weight is 364 g/mol. The molecule has 0 fully saturated rings. The van der Waals surface area contributed by atoms with Crippen LogP contribution in [0.5, 0.6) is 0 Å². The molecule has 0 aliphatic rings. The summed E-state index contributed by atoms with van der Waals surface area (Å²) >= 11 is 1.58. The molecule has 1 aromatic carbocycles. The van der Waals surface area contributed by atoms with Crippen LogP contribution in [0.3, 0.4) is 0 Å². The number of aromatic nitrogens is 2. The Hall–Kier alpha value is -2.86. The van der Waals surface area contributed by atoms with Crippen LogP contribution in [0.25, 0.3) is 22.4 Å². The molecule has 4 rings (SSSR count). The minimum absolute atomic E-state index is 0.786. The summed E-state index contributed by atoms with van der Waals surface area (Å²) in [6.45, 7) is 2.97. The van der Waals surface area contributed by atoms with E-state index >= 15 is 0 Å². The molecule has 3 heterocycles. The van der Waals surface area contributed by atoms with Gasteiger partial charge in [0, 0.05) is 34.6 Å². The molecule has 26 heavy (non-hydrogen) atoms. The first-order valence-corrected chi connectivity index (χ1v) is 9.60. The van der Waals surface area contributed by atoms with E-state index < -0.39 is 0 Å². The lowest BCUT2D eigenvalue weighted by Crippen LogP contribution is -2.12. The van der Waals surface area contributed by atoms with Crippen LogP contribution in [-0.2, 0) is 0 Å². The molecule has 0 unspecified atom stereocenters. The van der Waals surface area contributed by atoms with Gasteiger partial charge in [0.1, 0.15) is 5.69 Å². The molecule has 0 saturated carbocycles. The Kier molecular flexibility index (Phi) is 4.84. The standard InChI is InChI=1S/C20H20N4OS/c1-2-3-10-21-20-24(18(14-26-20)19-9-6-11-25-19)23-13-15-12-22-17-8-5-4-7-16(15)17/h4-9,11-14,22H,2-3,10H2,1H3/b21-20?,23-13+. The maximum Gasteiger partial charge on any atom is 0.206 e. The maximum absolute atomic E-state index is 5.57. The number of nitrogens with one attached hydrogen (secondary N) is 1. The third-order valence-corrected chi connectivity index (χ3v) is 5.01. The van der Waals surface area contributed by atoms with E-state index in [0.29, 0.717) is 0 Å². The van der Waals surface area contributed by atoms with E-state index in [1.165, 1.54) is 0 Å². The van der Waals surface area contributed by atoms with Crippen molar-refractivity contribution in [1.82, 2.24) is 9.66 Å². The average Bonchev–Trinajstić information content (AvgIpc) is 3.40. The van der Waals surface area contributed by atoms with E-state index in [9.17, 15) is 0 Å². The normalized spacial score (nSPS) is 12.6. The maximum atomic E-state index is 5.57. The second-order valence-corrected chi connectivity index (χ2v) is 6.80. The Balaban J connectivity index is 1.76. The highest BCUT2D eigenvalue weighted by Crippen LogP contribution is 2.21. The van der Waals surface area contributed by atoms with Crippen molar-refractivity contribution in [3.8, 4) is 11.5 Å². The number of furan rings is 1. The molecule has 0 atom stereocenters. The van der Waals surface area contributed by atoms with Crippen LogP contribution in [0.1, 0.15) is 25.3 Å². The number of hydrogen-bond acceptors (Lipinski definition) is 4. The molecule has 0 aliphatic heterocycles.